The van der Waals surface area contributed by atoms with Gasteiger partial charge in [-0.1, -0.05) is 13.0 Å². The second-order valence-electron chi connectivity index (χ2n) is 3.89. The van der Waals surface area contributed by atoms with Gasteiger partial charge in [0, 0.05) is 18.7 Å². The van der Waals surface area contributed by atoms with E-state index in [1.807, 2.05) is 20.8 Å². The number of phenolic OH excluding ortho intramolecular Hbond substituents is 1. The highest BCUT2D eigenvalue weighted by atomic mass is 16.3. The van der Waals surface area contributed by atoms with E-state index in [0.717, 1.165) is 18.5 Å². The van der Waals surface area contributed by atoms with Gasteiger partial charge in [0.1, 0.15) is 5.75 Å². The number of carbonyl (C=O) groups excluding carboxylic acids is 1. The summed E-state index contributed by atoms with van der Waals surface area (Å²) in [6.45, 7) is 7.27. The number of hydrogen-bond acceptors (Lipinski definition) is 2. The minimum atomic E-state index is -0.0142. The van der Waals surface area contributed by atoms with Crippen molar-refractivity contribution in [2.24, 2.45) is 0 Å². The fraction of sp³-hybridized carbons (Fsp3) is 0.462. The van der Waals surface area contributed by atoms with Gasteiger partial charge in [0.2, 0.25) is 0 Å². The average Bonchev–Trinajstić information content (AvgIpc) is 2.28. The van der Waals surface area contributed by atoms with Crippen molar-refractivity contribution in [3.05, 3.63) is 29.3 Å². The Bertz CT molecular complexity index is 374. The van der Waals surface area contributed by atoms with Gasteiger partial charge in [0.05, 0.1) is 0 Å². The molecule has 0 saturated heterocycles. The lowest BCUT2D eigenvalue weighted by Gasteiger charge is -2.20. The van der Waals surface area contributed by atoms with Gasteiger partial charge in [-0.25, -0.2) is 0 Å². The second kappa shape index (κ2) is 5.54. The van der Waals surface area contributed by atoms with Gasteiger partial charge >= 0.3 is 0 Å². The number of benzene rings is 1. The molecule has 0 saturated carbocycles. The standard InChI is InChI=1S/C13H19NO2/c1-4-8-14(5-2)13(16)11-7-6-10(3)12(15)9-11/h6-7,9,15H,4-5,8H2,1-3H3. The molecule has 1 rings (SSSR count). The van der Waals surface area contributed by atoms with Crippen LogP contribution in [0.25, 0.3) is 0 Å². The Morgan fingerprint density at radius 2 is 2.06 bits per heavy atom. The first kappa shape index (κ1) is 12.6. The second-order valence-corrected chi connectivity index (χ2v) is 3.89. The lowest BCUT2D eigenvalue weighted by Crippen LogP contribution is -2.31. The fourth-order valence-electron chi connectivity index (χ4n) is 1.60. The third-order valence-corrected chi connectivity index (χ3v) is 2.62. The lowest BCUT2D eigenvalue weighted by molar-refractivity contribution is 0.0764. The molecule has 16 heavy (non-hydrogen) atoms. The summed E-state index contributed by atoms with van der Waals surface area (Å²) < 4.78 is 0. The SMILES string of the molecule is CCCN(CC)C(=O)c1ccc(C)c(O)c1. The van der Waals surface area contributed by atoms with E-state index in [1.54, 1.807) is 17.0 Å². The van der Waals surface area contributed by atoms with Crippen LogP contribution in [0.1, 0.15) is 36.2 Å². The van der Waals surface area contributed by atoms with Gasteiger partial charge in [0.25, 0.3) is 5.91 Å². The molecule has 0 atom stereocenters. The monoisotopic (exact) mass is 221 g/mol. The Labute approximate surface area is 96.7 Å². The van der Waals surface area contributed by atoms with Gasteiger partial charge in [-0.05, 0) is 38.0 Å². The molecule has 0 bridgehead atoms. The molecule has 0 spiro atoms. The van der Waals surface area contributed by atoms with Crippen molar-refractivity contribution in [3.63, 3.8) is 0 Å². The summed E-state index contributed by atoms with van der Waals surface area (Å²) >= 11 is 0. The zero-order valence-corrected chi connectivity index (χ0v) is 10.2. The molecule has 0 radical (unpaired) electrons. The van der Waals surface area contributed by atoms with Crippen LogP contribution in [0.15, 0.2) is 18.2 Å². The maximum absolute atomic E-state index is 12.0. The molecule has 1 N–H and O–H groups in total. The van der Waals surface area contributed by atoms with Gasteiger partial charge in [-0.2, -0.15) is 0 Å². The average molecular weight is 221 g/mol. The summed E-state index contributed by atoms with van der Waals surface area (Å²) in [5.74, 6) is 0.165. The Balaban J connectivity index is 2.90. The van der Waals surface area contributed by atoms with Crippen LogP contribution in [-0.4, -0.2) is 29.0 Å². The topological polar surface area (TPSA) is 40.5 Å². The minimum Gasteiger partial charge on any atom is -0.508 e. The van der Waals surface area contributed by atoms with E-state index in [2.05, 4.69) is 0 Å². The van der Waals surface area contributed by atoms with Crippen LogP contribution >= 0.6 is 0 Å². The molecule has 1 aromatic rings. The number of phenols is 1. The third kappa shape index (κ3) is 2.75. The Morgan fingerprint density at radius 3 is 2.56 bits per heavy atom. The van der Waals surface area contributed by atoms with E-state index in [0.29, 0.717) is 12.1 Å². The highest BCUT2D eigenvalue weighted by Gasteiger charge is 2.13. The molecule has 1 aromatic carbocycles. The molecule has 0 aliphatic carbocycles. The quantitative estimate of drug-likeness (QED) is 0.849. The van der Waals surface area contributed by atoms with E-state index in [1.165, 1.54) is 6.07 Å². The van der Waals surface area contributed by atoms with Crippen LogP contribution < -0.4 is 0 Å². The summed E-state index contributed by atoms with van der Waals surface area (Å²) in [5, 5.41) is 9.56. The highest BCUT2D eigenvalue weighted by Crippen LogP contribution is 2.18. The molecule has 1 amide bonds. The molecule has 0 aliphatic heterocycles. The van der Waals surface area contributed by atoms with Crippen LogP contribution in [-0.2, 0) is 0 Å². The number of aromatic hydroxyl groups is 1. The van der Waals surface area contributed by atoms with Crippen molar-refractivity contribution in [1.29, 1.82) is 0 Å². The van der Waals surface area contributed by atoms with E-state index < -0.39 is 0 Å². The van der Waals surface area contributed by atoms with Crippen molar-refractivity contribution >= 4 is 5.91 Å². The third-order valence-electron chi connectivity index (χ3n) is 2.62. The Hall–Kier alpha value is -1.51. The minimum absolute atomic E-state index is 0.0142. The van der Waals surface area contributed by atoms with Crippen molar-refractivity contribution < 1.29 is 9.90 Å². The molecule has 0 unspecified atom stereocenters. The molecule has 0 aliphatic rings. The first-order valence-electron chi connectivity index (χ1n) is 5.69. The van der Waals surface area contributed by atoms with E-state index in [-0.39, 0.29) is 11.7 Å². The molecular weight excluding hydrogens is 202 g/mol. The number of carbonyl (C=O) groups is 1. The van der Waals surface area contributed by atoms with E-state index in [4.69, 9.17) is 0 Å². The fourth-order valence-corrected chi connectivity index (χ4v) is 1.60. The number of hydrogen-bond donors (Lipinski definition) is 1. The van der Waals surface area contributed by atoms with E-state index >= 15 is 0 Å². The maximum Gasteiger partial charge on any atom is 0.253 e. The molecular formula is C13H19NO2. The molecule has 0 heterocycles. The zero-order chi connectivity index (χ0) is 12.1. The first-order chi connectivity index (χ1) is 7.60. The highest BCUT2D eigenvalue weighted by molar-refractivity contribution is 5.94. The largest absolute Gasteiger partial charge is 0.508 e. The van der Waals surface area contributed by atoms with Crippen LogP contribution in [0, 0.1) is 6.92 Å². The van der Waals surface area contributed by atoms with E-state index in [9.17, 15) is 9.90 Å². The predicted octanol–water partition coefficient (Wildman–Crippen LogP) is 2.57. The molecule has 3 nitrogen and oxygen atoms in total. The van der Waals surface area contributed by atoms with Crippen LogP contribution in [0.3, 0.4) is 0 Å². The van der Waals surface area contributed by atoms with Crippen LogP contribution in [0.4, 0.5) is 0 Å². The summed E-state index contributed by atoms with van der Waals surface area (Å²) in [7, 11) is 0. The summed E-state index contributed by atoms with van der Waals surface area (Å²) in [6, 6.07) is 5.06. The van der Waals surface area contributed by atoms with Crippen molar-refractivity contribution in [1.82, 2.24) is 4.90 Å². The number of aryl methyl sites for hydroxylation is 1. The number of rotatable bonds is 4. The smallest absolute Gasteiger partial charge is 0.253 e. The van der Waals surface area contributed by atoms with Gasteiger partial charge in [0.15, 0.2) is 0 Å². The van der Waals surface area contributed by atoms with Crippen molar-refractivity contribution in [3.8, 4) is 5.75 Å². The number of amides is 1. The Morgan fingerprint density at radius 1 is 1.38 bits per heavy atom. The van der Waals surface area contributed by atoms with Crippen molar-refractivity contribution in [2.45, 2.75) is 27.2 Å². The van der Waals surface area contributed by atoms with Crippen molar-refractivity contribution in [2.75, 3.05) is 13.1 Å². The molecule has 0 aromatic heterocycles. The zero-order valence-electron chi connectivity index (χ0n) is 10.2. The lowest BCUT2D eigenvalue weighted by atomic mass is 10.1. The summed E-state index contributed by atoms with van der Waals surface area (Å²) in [5.41, 5.74) is 1.34. The number of nitrogens with zero attached hydrogens (tertiary/aromatic N) is 1. The Kier molecular flexibility index (Phi) is 4.35. The summed E-state index contributed by atoms with van der Waals surface area (Å²) in [6.07, 6.45) is 0.942. The molecule has 3 heteroatoms. The first-order valence-corrected chi connectivity index (χ1v) is 5.69. The molecule has 88 valence electrons. The van der Waals surface area contributed by atoms with Gasteiger partial charge in [-0.3, -0.25) is 4.79 Å². The normalized spacial score (nSPS) is 10.2. The predicted molar refractivity (Wildman–Crippen MR) is 64.7 cm³/mol. The maximum atomic E-state index is 12.0. The van der Waals surface area contributed by atoms with Gasteiger partial charge in [-0.15, -0.1) is 0 Å². The summed E-state index contributed by atoms with van der Waals surface area (Å²) in [4.78, 5) is 13.8. The van der Waals surface area contributed by atoms with Crippen LogP contribution in [0.2, 0.25) is 0 Å². The van der Waals surface area contributed by atoms with Gasteiger partial charge < -0.3 is 10.0 Å². The van der Waals surface area contributed by atoms with Crippen LogP contribution in [0.5, 0.6) is 5.75 Å². The molecule has 0 fully saturated rings.